The molecule has 1 aromatic rings. The number of benzene rings is 1. The van der Waals surface area contributed by atoms with Crippen molar-refractivity contribution < 1.29 is 4.39 Å². The van der Waals surface area contributed by atoms with Gasteiger partial charge in [0, 0.05) is 24.2 Å². The Morgan fingerprint density at radius 3 is 2.37 bits per heavy atom. The van der Waals surface area contributed by atoms with E-state index >= 15 is 0 Å². The van der Waals surface area contributed by atoms with E-state index in [0.29, 0.717) is 24.2 Å². The summed E-state index contributed by atoms with van der Waals surface area (Å²) in [4.78, 5) is 2.67. The summed E-state index contributed by atoms with van der Waals surface area (Å²) < 4.78 is 12.9. The van der Waals surface area contributed by atoms with E-state index in [9.17, 15) is 4.39 Å². The summed E-state index contributed by atoms with van der Waals surface area (Å²) in [5, 5.41) is 0. The van der Waals surface area contributed by atoms with Gasteiger partial charge < -0.3 is 5.73 Å². The number of nitrogens with zero attached hydrogens (tertiary/aromatic N) is 1. The molecule has 2 nitrogen and oxygen atoms in total. The van der Waals surface area contributed by atoms with Crippen molar-refractivity contribution in [1.82, 2.24) is 4.90 Å². The molecule has 2 heterocycles. The molecular formula is C16H23FN2. The second kappa shape index (κ2) is 5.22. The summed E-state index contributed by atoms with van der Waals surface area (Å²) in [6.07, 6.45) is 5.88. The fourth-order valence-corrected chi connectivity index (χ4v) is 4.04. The van der Waals surface area contributed by atoms with E-state index in [1.807, 2.05) is 12.1 Å². The van der Waals surface area contributed by atoms with Crippen molar-refractivity contribution in [2.24, 2.45) is 5.73 Å². The quantitative estimate of drug-likeness (QED) is 0.907. The highest BCUT2D eigenvalue weighted by atomic mass is 19.1. The van der Waals surface area contributed by atoms with Crippen molar-refractivity contribution in [3.8, 4) is 0 Å². The lowest BCUT2D eigenvalue weighted by Crippen LogP contribution is -2.51. The minimum atomic E-state index is -0.152. The third kappa shape index (κ3) is 2.67. The number of hydrogen-bond acceptors (Lipinski definition) is 2. The number of fused-ring (bicyclic) bond motifs is 2. The van der Waals surface area contributed by atoms with E-state index < -0.39 is 0 Å². The molecule has 1 aromatic carbocycles. The molecule has 2 fully saturated rings. The zero-order valence-electron chi connectivity index (χ0n) is 11.6. The Bertz CT molecular complexity index is 417. The van der Waals surface area contributed by atoms with Gasteiger partial charge in [-0.05, 0) is 56.7 Å². The predicted molar refractivity (Wildman–Crippen MR) is 75.4 cm³/mol. The van der Waals surface area contributed by atoms with Crippen LogP contribution in [-0.2, 0) is 6.42 Å². The van der Waals surface area contributed by atoms with Crippen LogP contribution >= 0.6 is 0 Å². The van der Waals surface area contributed by atoms with Crippen LogP contribution in [0, 0.1) is 5.82 Å². The number of nitrogens with two attached hydrogens (primary N) is 1. The van der Waals surface area contributed by atoms with Crippen molar-refractivity contribution in [1.29, 1.82) is 0 Å². The molecule has 2 aliphatic rings. The zero-order chi connectivity index (χ0) is 13.4. The highest BCUT2D eigenvalue weighted by Crippen LogP contribution is 2.37. The summed E-state index contributed by atoms with van der Waals surface area (Å²) in [5.74, 6) is -0.152. The second-order valence-corrected chi connectivity index (χ2v) is 6.24. The van der Waals surface area contributed by atoms with Crippen LogP contribution in [0.4, 0.5) is 4.39 Å². The minimum Gasteiger partial charge on any atom is -0.328 e. The Kier molecular flexibility index (Phi) is 3.59. The van der Waals surface area contributed by atoms with Crippen molar-refractivity contribution >= 4 is 0 Å². The van der Waals surface area contributed by atoms with E-state index in [-0.39, 0.29) is 5.82 Å². The summed E-state index contributed by atoms with van der Waals surface area (Å²) in [5.41, 5.74) is 7.34. The molecule has 3 heteroatoms. The third-order valence-electron chi connectivity index (χ3n) is 4.78. The normalized spacial score (nSPS) is 32.5. The molecule has 2 N–H and O–H groups in total. The first-order valence-electron chi connectivity index (χ1n) is 7.41. The molecule has 0 spiro atoms. The topological polar surface area (TPSA) is 29.3 Å². The van der Waals surface area contributed by atoms with Gasteiger partial charge in [0.1, 0.15) is 5.82 Å². The molecule has 3 atom stereocenters. The lowest BCUT2D eigenvalue weighted by atomic mass is 9.94. The van der Waals surface area contributed by atoms with Crippen LogP contribution < -0.4 is 5.73 Å². The van der Waals surface area contributed by atoms with Gasteiger partial charge in [-0.25, -0.2) is 4.39 Å². The highest BCUT2D eigenvalue weighted by molar-refractivity contribution is 5.17. The van der Waals surface area contributed by atoms with Gasteiger partial charge in [0.05, 0.1) is 0 Å². The summed E-state index contributed by atoms with van der Waals surface area (Å²) in [7, 11) is 0. The number of halogens is 1. The van der Waals surface area contributed by atoms with Crippen LogP contribution in [-0.4, -0.2) is 29.1 Å². The summed E-state index contributed by atoms with van der Waals surface area (Å²) >= 11 is 0. The van der Waals surface area contributed by atoms with Gasteiger partial charge in [-0.2, -0.15) is 0 Å². The second-order valence-electron chi connectivity index (χ2n) is 6.24. The highest BCUT2D eigenvalue weighted by Gasteiger charge is 2.41. The van der Waals surface area contributed by atoms with Crippen LogP contribution in [0.2, 0.25) is 0 Å². The molecule has 3 rings (SSSR count). The zero-order valence-corrected chi connectivity index (χ0v) is 11.6. The Morgan fingerprint density at radius 1 is 1.21 bits per heavy atom. The molecule has 2 aliphatic heterocycles. The Hall–Kier alpha value is -0.930. The lowest BCUT2D eigenvalue weighted by molar-refractivity contribution is 0.0855. The van der Waals surface area contributed by atoms with E-state index in [1.165, 1.54) is 18.4 Å². The maximum absolute atomic E-state index is 12.9. The van der Waals surface area contributed by atoms with Gasteiger partial charge in [-0.15, -0.1) is 0 Å². The molecule has 0 aliphatic carbocycles. The average Bonchev–Trinajstić information content (AvgIpc) is 2.65. The molecule has 3 unspecified atom stereocenters. The van der Waals surface area contributed by atoms with Crippen molar-refractivity contribution in [2.45, 2.75) is 63.2 Å². The van der Waals surface area contributed by atoms with Crippen LogP contribution in [0.25, 0.3) is 0 Å². The molecule has 0 aromatic heterocycles. The molecule has 0 saturated carbocycles. The van der Waals surface area contributed by atoms with Crippen molar-refractivity contribution in [3.05, 3.63) is 35.6 Å². The van der Waals surface area contributed by atoms with Gasteiger partial charge in [0.15, 0.2) is 0 Å². The monoisotopic (exact) mass is 262 g/mol. The predicted octanol–water partition coefficient (Wildman–Crippen LogP) is 2.71. The van der Waals surface area contributed by atoms with Gasteiger partial charge in [0.2, 0.25) is 0 Å². The SMILES string of the molecule is CC(Cc1ccc(F)cc1)N1C2CCC1CC(N)C2. The molecule has 0 radical (unpaired) electrons. The molecule has 2 bridgehead atoms. The summed E-state index contributed by atoms with van der Waals surface area (Å²) in [6.45, 7) is 2.30. The molecule has 2 saturated heterocycles. The minimum absolute atomic E-state index is 0.152. The first-order valence-corrected chi connectivity index (χ1v) is 7.41. The fraction of sp³-hybridized carbons (Fsp3) is 0.625. The molecule has 0 amide bonds. The van der Waals surface area contributed by atoms with E-state index in [2.05, 4.69) is 11.8 Å². The van der Waals surface area contributed by atoms with Crippen LogP contribution in [0.15, 0.2) is 24.3 Å². The van der Waals surface area contributed by atoms with Crippen LogP contribution in [0.5, 0.6) is 0 Å². The van der Waals surface area contributed by atoms with E-state index in [4.69, 9.17) is 5.73 Å². The van der Waals surface area contributed by atoms with E-state index in [0.717, 1.165) is 19.3 Å². The number of rotatable bonds is 3. The standard InChI is InChI=1S/C16H23FN2/c1-11(8-12-2-4-13(17)5-3-12)19-15-6-7-16(19)10-14(18)9-15/h2-5,11,14-16H,6-10,18H2,1H3. The van der Waals surface area contributed by atoms with Gasteiger partial charge in [-0.1, -0.05) is 12.1 Å². The fourth-order valence-electron chi connectivity index (χ4n) is 4.04. The van der Waals surface area contributed by atoms with Gasteiger partial charge >= 0.3 is 0 Å². The van der Waals surface area contributed by atoms with E-state index in [1.54, 1.807) is 12.1 Å². The Labute approximate surface area is 114 Å². The molecular weight excluding hydrogens is 239 g/mol. The maximum atomic E-state index is 12.9. The van der Waals surface area contributed by atoms with Crippen molar-refractivity contribution in [2.75, 3.05) is 0 Å². The number of piperidine rings is 1. The van der Waals surface area contributed by atoms with Crippen LogP contribution in [0.1, 0.15) is 38.2 Å². The van der Waals surface area contributed by atoms with Gasteiger partial charge in [-0.3, -0.25) is 4.90 Å². The largest absolute Gasteiger partial charge is 0.328 e. The first-order chi connectivity index (χ1) is 9.13. The number of hydrogen-bond donors (Lipinski definition) is 1. The summed E-state index contributed by atoms with van der Waals surface area (Å²) in [6, 6.07) is 9.19. The third-order valence-corrected chi connectivity index (χ3v) is 4.78. The molecule has 19 heavy (non-hydrogen) atoms. The lowest BCUT2D eigenvalue weighted by Gasteiger charge is -2.41. The molecule has 104 valence electrons. The maximum Gasteiger partial charge on any atom is 0.123 e. The Morgan fingerprint density at radius 2 is 1.79 bits per heavy atom. The first kappa shape index (κ1) is 13.1. The van der Waals surface area contributed by atoms with Crippen molar-refractivity contribution in [3.63, 3.8) is 0 Å². The average molecular weight is 262 g/mol. The van der Waals surface area contributed by atoms with Gasteiger partial charge in [0.25, 0.3) is 0 Å². The van der Waals surface area contributed by atoms with Crippen LogP contribution in [0.3, 0.4) is 0 Å². The Balaban J connectivity index is 1.67. The smallest absolute Gasteiger partial charge is 0.123 e.